The van der Waals surface area contributed by atoms with Crippen molar-refractivity contribution in [1.82, 2.24) is 0 Å². The molecule has 0 heterocycles. The first-order chi connectivity index (χ1) is 5.63. The maximum atomic E-state index is 4.64. The Morgan fingerprint density at radius 3 is 1.75 bits per heavy atom. The van der Waals surface area contributed by atoms with Gasteiger partial charge in [0.2, 0.25) is 0 Å². The van der Waals surface area contributed by atoms with Crippen molar-refractivity contribution in [2.75, 3.05) is 12.8 Å². The van der Waals surface area contributed by atoms with E-state index in [1.807, 2.05) is 0 Å². The van der Waals surface area contributed by atoms with Gasteiger partial charge in [-0.05, 0) is 0 Å². The molecule has 0 radical (unpaired) electrons. The van der Waals surface area contributed by atoms with Crippen molar-refractivity contribution in [2.45, 2.75) is 17.6 Å². The first-order valence-corrected chi connectivity index (χ1v) is 5.79. The summed E-state index contributed by atoms with van der Waals surface area (Å²) in [5.74, 6) is 0. The van der Waals surface area contributed by atoms with Crippen LogP contribution in [0.2, 0.25) is 3.72 Å². The van der Waals surface area contributed by atoms with E-state index in [1.165, 1.54) is 18.3 Å². The molecule has 69 valence electrons. The van der Waals surface area contributed by atoms with Gasteiger partial charge in [0, 0.05) is 12.8 Å². The van der Waals surface area contributed by atoms with Crippen molar-refractivity contribution in [3.63, 3.8) is 0 Å². The molecule has 12 heavy (non-hydrogen) atoms. The first-order valence-electron chi connectivity index (χ1n) is 3.50. The standard InChI is InChI=1S/C7H9.2CH3Cl.Ti/c1-6-4-3-5-7(6)2;2*1-2;/h3-5H,1-2H3;2*1H3;. The molecule has 0 spiro atoms. The summed E-state index contributed by atoms with van der Waals surface area (Å²) in [6.07, 6.45) is 9.46. The van der Waals surface area contributed by atoms with E-state index in [4.69, 9.17) is 0 Å². The van der Waals surface area contributed by atoms with Crippen LogP contribution >= 0.6 is 23.2 Å². The van der Waals surface area contributed by atoms with Crippen LogP contribution in [0.5, 0.6) is 0 Å². The van der Waals surface area contributed by atoms with E-state index < -0.39 is 0 Å². The quantitative estimate of drug-likeness (QED) is 0.445. The second-order valence-corrected chi connectivity index (χ2v) is 4.03. The third kappa shape index (κ3) is 5.43. The van der Waals surface area contributed by atoms with Gasteiger partial charge >= 0.3 is 61.8 Å². The van der Waals surface area contributed by atoms with Crippen molar-refractivity contribution >= 4 is 23.2 Å². The molecular formula is C9H15Cl2Ti. The minimum Gasteiger partial charge on any atom is -0.130 e. The molecule has 1 unspecified atom stereocenters. The average molecular weight is 242 g/mol. The maximum Gasteiger partial charge on any atom is 0.0108 e. The molecule has 0 N–H and O–H groups in total. The van der Waals surface area contributed by atoms with Crippen LogP contribution < -0.4 is 0 Å². The number of allylic oxidation sites excluding steroid dienone is 4. The van der Waals surface area contributed by atoms with Gasteiger partial charge in [0.15, 0.2) is 0 Å². The Morgan fingerprint density at radius 1 is 1.25 bits per heavy atom. The number of halogens is 2. The molecule has 0 fully saturated rings. The summed E-state index contributed by atoms with van der Waals surface area (Å²) in [5.41, 5.74) is 1.46. The van der Waals surface area contributed by atoms with Gasteiger partial charge in [-0.2, -0.15) is 0 Å². The zero-order chi connectivity index (χ0) is 10.2. The van der Waals surface area contributed by atoms with Gasteiger partial charge in [-0.25, -0.2) is 0 Å². The fraction of sp³-hybridized carbons (Fsp3) is 0.556. The summed E-state index contributed by atoms with van der Waals surface area (Å²) >= 11 is 11.5. The SMILES string of the molecule is CC1=CC=C[C]1(C)[Ti].CCl.CCl. The predicted molar refractivity (Wildman–Crippen MR) is 54.8 cm³/mol. The van der Waals surface area contributed by atoms with Crippen LogP contribution in [-0.2, 0) is 20.4 Å². The van der Waals surface area contributed by atoms with Gasteiger partial charge < -0.3 is 0 Å². The van der Waals surface area contributed by atoms with E-state index in [0.29, 0.717) is 3.72 Å². The molecule has 0 saturated heterocycles. The summed E-state index contributed by atoms with van der Waals surface area (Å²) in [7, 11) is 0. The molecule has 0 bridgehead atoms. The molecule has 1 aliphatic rings. The largest absolute Gasteiger partial charge is 0.130 e. The predicted octanol–water partition coefficient (Wildman–Crippen LogP) is 3.94. The monoisotopic (exact) mass is 241 g/mol. The summed E-state index contributed by atoms with van der Waals surface area (Å²) in [5, 5.41) is 0. The topological polar surface area (TPSA) is 0 Å². The fourth-order valence-electron chi connectivity index (χ4n) is 0.689. The molecule has 1 atom stereocenters. The Morgan fingerprint density at radius 2 is 1.67 bits per heavy atom. The summed E-state index contributed by atoms with van der Waals surface area (Å²) < 4.78 is 0.333. The second-order valence-electron chi connectivity index (χ2n) is 2.41. The van der Waals surface area contributed by atoms with Gasteiger partial charge in [0.1, 0.15) is 0 Å². The minimum atomic E-state index is 0.333. The van der Waals surface area contributed by atoms with Crippen molar-refractivity contribution in [1.29, 1.82) is 0 Å². The summed E-state index contributed by atoms with van der Waals surface area (Å²) in [6, 6.07) is 0. The van der Waals surface area contributed by atoms with E-state index in [1.54, 1.807) is 0 Å². The number of hydrogen-bond donors (Lipinski definition) is 0. The zero-order valence-electron chi connectivity index (χ0n) is 7.99. The second kappa shape index (κ2) is 8.38. The molecule has 0 saturated carbocycles. The van der Waals surface area contributed by atoms with Gasteiger partial charge in [0.25, 0.3) is 0 Å². The molecule has 0 aromatic heterocycles. The molecule has 0 aromatic carbocycles. The van der Waals surface area contributed by atoms with E-state index in [9.17, 15) is 0 Å². The molecule has 0 amide bonds. The Labute approximate surface area is 97.4 Å². The molecule has 0 aliphatic heterocycles. The van der Waals surface area contributed by atoms with Crippen molar-refractivity contribution in [3.8, 4) is 0 Å². The van der Waals surface area contributed by atoms with Gasteiger partial charge in [-0.1, -0.05) is 0 Å². The third-order valence-corrected chi connectivity index (χ3v) is 2.47. The van der Waals surface area contributed by atoms with E-state index in [-0.39, 0.29) is 0 Å². The Balaban J connectivity index is 0. The Bertz CT molecular complexity index is 160. The van der Waals surface area contributed by atoms with Crippen LogP contribution in [-0.4, -0.2) is 12.8 Å². The smallest absolute Gasteiger partial charge is 0.0108 e. The molecule has 1 rings (SSSR count). The number of alkyl halides is 2. The molecule has 3 heteroatoms. The Kier molecular flexibility index (Phi) is 10.6. The first kappa shape index (κ1) is 15.3. The summed E-state index contributed by atoms with van der Waals surface area (Å²) in [4.78, 5) is 0. The van der Waals surface area contributed by atoms with Crippen LogP contribution in [0.25, 0.3) is 0 Å². The van der Waals surface area contributed by atoms with Crippen LogP contribution in [0.3, 0.4) is 0 Å². The maximum absolute atomic E-state index is 4.64. The Hall–Kier alpha value is 0.774. The van der Waals surface area contributed by atoms with Gasteiger partial charge in [-0.3, -0.25) is 0 Å². The van der Waals surface area contributed by atoms with Crippen molar-refractivity contribution < 1.29 is 20.4 Å². The number of rotatable bonds is 0. The molecule has 0 aromatic rings. The normalized spacial score (nSPS) is 24.6. The third-order valence-electron chi connectivity index (χ3n) is 1.59. The van der Waals surface area contributed by atoms with Crippen LogP contribution in [0.1, 0.15) is 13.8 Å². The summed E-state index contributed by atoms with van der Waals surface area (Å²) in [6.45, 7) is 4.39. The van der Waals surface area contributed by atoms with Gasteiger partial charge in [0.05, 0.1) is 0 Å². The fourth-order valence-corrected chi connectivity index (χ4v) is 0.970. The van der Waals surface area contributed by atoms with Crippen LogP contribution in [0.4, 0.5) is 0 Å². The van der Waals surface area contributed by atoms with E-state index in [2.05, 4.69) is 75.7 Å². The molecule has 0 nitrogen and oxygen atoms in total. The molecule has 1 aliphatic carbocycles. The minimum absolute atomic E-state index is 0.333. The van der Waals surface area contributed by atoms with Crippen LogP contribution in [0.15, 0.2) is 23.8 Å². The average Bonchev–Trinajstić information content (AvgIpc) is 2.38. The van der Waals surface area contributed by atoms with Crippen molar-refractivity contribution in [3.05, 3.63) is 23.8 Å². The van der Waals surface area contributed by atoms with E-state index >= 15 is 0 Å². The van der Waals surface area contributed by atoms with Crippen molar-refractivity contribution in [2.24, 2.45) is 0 Å². The van der Waals surface area contributed by atoms with Crippen LogP contribution in [0, 0.1) is 0 Å². The number of hydrogen-bond acceptors (Lipinski definition) is 0. The van der Waals surface area contributed by atoms with E-state index in [0.717, 1.165) is 0 Å². The van der Waals surface area contributed by atoms with Gasteiger partial charge in [-0.15, -0.1) is 23.2 Å². The molecular weight excluding hydrogens is 227 g/mol. The zero-order valence-corrected chi connectivity index (χ0v) is 11.1.